The predicted molar refractivity (Wildman–Crippen MR) is 73.2 cm³/mol. The van der Waals surface area contributed by atoms with Crippen molar-refractivity contribution in [2.75, 3.05) is 6.54 Å². The summed E-state index contributed by atoms with van der Waals surface area (Å²) in [6.45, 7) is 4.22. The molecule has 0 radical (unpaired) electrons. The fourth-order valence-electron chi connectivity index (χ4n) is 1.64. The fraction of sp³-hybridized carbons (Fsp3) is 0.533. The normalized spacial score (nSPS) is 12.4. The van der Waals surface area contributed by atoms with Crippen LogP contribution in [0.1, 0.15) is 32.3 Å². The van der Waals surface area contributed by atoms with Crippen molar-refractivity contribution in [2.45, 2.75) is 39.2 Å². The summed E-state index contributed by atoms with van der Waals surface area (Å²) in [7, 11) is 0. The number of benzene rings is 1. The van der Waals surface area contributed by atoms with Crippen LogP contribution < -0.4 is 5.32 Å². The van der Waals surface area contributed by atoms with Gasteiger partial charge in [0.05, 0.1) is 6.10 Å². The van der Waals surface area contributed by atoms with Crippen LogP contribution in [0.15, 0.2) is 30.3 Å². The van der Waals surface area contributed by atoms with Gasteiger partial charge in [0.2, 0.25) is 5.91 Å². The number of rotatable bonds is 7. The van der Waals surface area contributed by atoms with Gasteiger partial charge in [0.25, 0.3) is 0 Å². The van der Waals surface area contributed by atoms with Crippen LogP contribution in [-0.4, -0.2) is 23.7 Å². The summed E-state index contributed by atoms with van der Waals surface area (Å²) >= 11 is 0. The molecule has 1 amide bonds. The number of hydrogen-bond acceptors (Lipinski definition) is 2. The van der Waals surface area contributed by atoms with Crippen LogP contribution in [0.2, 0.25) is 0 Å². The number of aliphatic hydroxyl groups is 1. The SMILES string of the molecule is CC(C)C(O)CNC(=O)CCCc1ccccc1. The zero-order chi connectivity index (χ0) is 13.4. The molecule has 0 spiro atoms. The molecule has 0 fully saturated rings. The van der Waals surface area contributed by atoms with E-state index in [2.05, 4.69) is 17.4 Å². The van der Waals surface area contributed by atoms with Crippen LogP contribution in [0, 0.1) is 5.92 Å². The number of carbonyl (C=O) groups excluding carboxylic acids is 1. The van der Waals surface area contributed by atoms with Crippen molar-refractivity contribution in [3.63, 3.8) is 0 Å². The molecule has 1 unspecified atom stereocenters. The molecule has 2 N–H and O–H groups in total. The average Bonchev–Trinajstić information content (AvgIpc) is 2.37. The maximum atomic E-state index is 11.5. The molecular weight excluding hydrogens is 226 g/mol. The van der Waals surface area contributed by atoms with Gasteiger partial charge < -0.3 is 10.4 Å². The van der Waals surface area contributed by atoms with Crippen molar-refractivity contribution in [1.82, 2.24) is 5.32 Å². The third-order valence-corrected chi connectivity index (χ3v) is 2.99. The minimum atomic E-state index is -0.455. The van der Waals surface area contributed by atoms with Gasteiger partial charge in [0.1, 0.15) is 0 Å². The molecule has 1 atom stereocenters. The molecule has 0 aliphatic heterocycles. The minimum absolute atomic E-state index is 0.0191. The number of nitrogens with one attached hydrogen (secondary N) is 1. The molecule has 0 aliphatic carbocycles. The molecule has 0 bridgehead atoms. The fourth-order valence-corrected chi connectivity index (χ4v) is 1.64. The quantitative estimate of drug-likeness (QED) is 0.778. The van der Waals surface area contributed by atoms with E-state index in [-0.39, 0.29) is 11.8 Å². The van der Waals surface area contributed by atoms with E-state index >= 15 is 0 Å². The molecule has 0 saturated heterocycles. The number of amides is 1. The molecule has 3 nitrogen and oxygen atoms in total. The van der Waals surface area contributed by atoms with E-state index in [1.54, 1.807) is 0 Å². The topological polar surface area (TPSA) is 49.3 Å². The molecule has 0 aliphatic rings. The van der Waals surface area contributed by atoms with Gasteiger partial charge in [0, 0.05) is 13.0 Å². The Bertz CT molecular complexity index is 349. The molecule has 1 aromatic carbocycles. The minimum Gasteiger partial charge on any atom is -0.391 e. The highest BCUT2D eigenvalue weighted by molar-refractivity contribution is 5.75. The lowest BCUT2D eigenvalue weighted by atomic mass is 10.1. The van der Waals surface area contributed by atoms with E-state index in [0.29, 0.717) is 13.0 Å². The van der Waals surface area contributed by atoms with E-state index in [0.717, 1.165) is 12.8 Å². The summed E-state index contributed by atoms with van der Waals surface area (Å²) in [6.07, 6.45) is 1.82. The van der Waals surface area contributed by atoms with Crippen molar-refractivity contribution in [1.29, 1.82) is 0 Å². The van der Waals surface area contributed by atoms with Gasteiger partial charge in [-0.05, 0) is 24.3 Å². The van der Waals surface area contributed by atoms with Crippen LogP contribution in [0.3, 0.4) is 0 Å². The molecule has 0 heterocycles. The zero-order valence-electron chi connectivity index (χ0n) is 11.2. The standard InChI is InChI=1S/C15H23NO2/c1-12(2)14(17)11-16-15(18)10-6-9-13-7-4-3-5-8-13/h3-5,7-8,12,14,17H,6,9-11H2,1-2H3,(H,16,18). The van der Waals surface area contributed by atoms with Crippen molar-refractivity contribution in [3.8, 4) is 0 Å². The molecule has 0 aromatic heterocycles. The lowest BCUT2D eigenvalue weighted by Crippen LogP contribution is -2.34. The Morgan fingerprint density at radius 3 is 2.56 bits per heavy atom. The molecule has 18 heavy (non-hydrogen) atoms. The van der Waals surface area contributed by atoms with E-state index < -0.39 is 6.10 Å². The summed E-state index contributed by atoms with van der Waals surface area (Å²) in [5.41, 5.74) is 1.26. The van der Waals surface area contributed by atoms with Crippen LogP contribution in [-0.2, 0) is 11.2 Å². The Hall–Kier alpha value is -1.35. The number of hydrogen-bond donors (Lipinski definition) is 2. The summed E-state index contributed by atoms with van der Waals surface area (Å²) in [4.78, 5) is 11.5. The Morgan fingerprint density at radius 2 is 1.94 bits per heavy atom. The van der Waals surface area contributed by atoms with Crippen molar-refractivity contribution >= 4 is 5.91 Å². The van der Waals surface area contributed by atoms with Crippen molar-refractivity contribution in [3.05, 3.63) is 35.9 Å². The van der Waals surface area contributed by atoms with Crippen LogP contribution in [0.25, 0.3) is 0 Å². The summed E-state index contributed by atoms with van der Waals surface area (Å²) < 4.78 is 0. The van der Waals surface area contributed by atoms with E-state index in [1.165, 1.54) is 5.56 Å². The van der Waals surface area contributed by atoms with Crippen LogP contribution in [0.5, 0.6) is 0 Å². The Labute approximate surface area is 109 Å². The average molecular weight is 249 g/mol. The molecule has 1 rings (SSSR count). The first kappa shape index (κ1) is 14.7. The van der Waals surface area contributed by atoms with Gasteiger partial charge in [0.15, 0.2) is 0 Å². The second kappa shape index (κ2) is 7.88. The van der Waals surface area contributed by atoms with E-state index in [9.17, 15) is 9.90 Å². The predicted octanol–water partition coefficient (Wildman–Crippen LogP) is 2.14. The Morgan fingerprint density at radius 1 is 1.28 bits per heavy atom. The van der Waals surface area contributed by atoms with Gasteiger partial charge >= 0.3 is 0 Å². The first-order chi connectivity index (χ1) is 8.59. The Balaban J connectivity index is 2.14. The highest BCUT2D eigenvalue weighted by Gasteiger charge is 2.10. The first-order valence-electron chi connectivity index (χ1n) is 6.58. The highest BCUT2D eigenvalue weighted by atomic mass is 16.3. The van der Waals surface area contributed by atoms with Gasteiger partial charge in [-0.1, -0.05) is 44.2 Å². The number of aliphatic hydroxyl groups excluding tert-OH is 1. The van der Waals surface area contributed by atoms with Gasteiger partial charge in [-0.25, -0.2) is 0 Å². The highest BCUT2D eigenvalue weighted by Crippen LogP contribution is 2.04. The molecule has 1 aromatic rings. The zero-order valence-corrected chi connectivity index (χ0v) is 11.2. The van der Waals surface area contributed by atoms with E-state index in [4.69, 9.17) is 0 Å². The second-order valence-corrected chi connectivity index (χ2v) is 4.95. The molecule has 100 valence electrons. The summed E-state index contributed by atoms with van der Waals surface area (Å²) in [5, 5.41) is 12.3. The van der Waals surface area contributed by atoms with Crippen molar-refractivity contribution < 1.29 is 9.90 Å². The largest absolute Gasteiger partial charge is 0.391 e. The third kappa shape index (κ3) is 5.82. The maximum Gasteiger partial charge on any atom is 0.220 e. The van der Waals surface area contributed by atoms with Crippen molar-refractivity contribution in [2.24, 2.45) is 5.92 Å². The monoisotopic (exact) mass is 249 g/mol. The molecular formula is C15H23NO2. The first-order valence-corrected chi connectivity index (χ1v) is 6.58. The molecule has 3 heteroatoms. The Kier molecular flexibility index (Phi) is 6.44. The summed E-state index contributed by atoms with van der Waals surface area (Å²) in [5.74, 6) is 0.195. The maximum absolute atomic E-state index is 11.5. The van der Waals surface area contributed by atoms with Crippen LogP contribution in [0.4, 0.5) is 0 Å². The third-order valence-electron chi connectivity index (χ3n) is 2.99. The smallest absolute Gasteiger partial charge is 0.220 e. The summed E-state index contributed by atoms with van der Waals surface area (Å²) in [6, 6.07) is 10.1. The lowest BCUT2D eigenvalue weighted by molar-refractivity contribution is -0.121. The van der Waals surface area contributed by atoms with Crippen LogP contribution >= 0.6 is 0 Å². The number of aryl methyl sites for hydroxylation is 1. The molecule has 0 saturated carbocycles. The second-order valence-electron chi connectivity index (χ2n) is 4.95. The van der Waals surface area contributed by atoms with Gasteiger partial charge in [-0.2, -0.15) is 0 Å². The lowest BCUT2D eigenvalue weighted by Gasteiger charge is -2.14. The van der Waals surface area contributed by atoms with Gasteiger partial charge in [-0.3, -0.25) is 4.79 Å². The van der Waals surface area contributed by atoms with Gasteiger partial charge in [-0.15, -0.1) is 0 Å². The van der Waals surface area contributed by atoms with E-state index in [1.807, 2.05) is 32.0 Å². The number of carbonyl (C=O) groups is 1.